The average molecular weight is 248 g/mol. The second kappa shape index (κ2) is 4.68. The maximum absolute atomic E-state index is 11.8. The molecule has 0 spiro atoms. The van der Waals surface area contributed by atoms with Crippen LogP contribution in [0.2, 0.25) is 0 Å². The Balaban J connectivity index is 2.44. The molecule has 1 aliphatic heterocycles. The number of carbonyl (C=O) groups excluding carboxylic acids is 2. The molecule has 0 N–H and O–H groups in total. The summed E-state index contributed by atoms with van der Waals surface area (Å²) in [5.41, 5.74) is 1.44. The molecule has 5 heteroatoms. The summed E-state index contributed by atoms with van der Waals surface area (Å²) in [6.45, 7) is 1.88. The fourth-order valence-corrected chi connectivity index (χ4v) is 1.83. The van der Waals surface area contributed by atoms with Crippen LogP contribution in [0.5, 0.6) is 5.75 Å². The summed E-state index contributed by atoms with van der Waals surface area (Å²) in [4.78, 5) is 26.2. The number of hydrogen-bond donors (Lipinski definition) is 0. The van der Waals surface area contributed by atoms with Crippen molar-refractivity contribution in [1.29, 1.82) is 0 Å². The minimum absolute atomic E-state index is 0.0105. The molecule has 2 rings (SSSR count). The SMILES string of the molecule is CC(=O)N(C)c1ccc2c(c1)N(C)C(=O)CCO2. The van der Waals surface area contributed by atoms with E-state index in [1.54, 1.807) is 31.1 Å². The van der Waals surface area contributed by atoms with Crippen LogP contribution in [0.4, 0.5) is 11.4 Å². The lowest BCUT2D eigenvalue weighted by Crippen LogP contribution is -2.26. The van der Waals surface area contributed by atoms with Crippen molar-refractivity contribution in [3.8, 4) is 5.75 Å². The highest BCUT2D eigenvalue weighted by Gasteiger charge is 2.21. The molecule has 0 saturated heterocycles. The van der Waals surface area contributed by atoms with E-state index < -0.39 is 0 Å². The van der Waals surface area contributed by atoms with E-state index in [1.807, 2.05) is 6.07 Å². The van der Waals surface area contributed by atoms with Gasteiger partial charge in [-0.1, -0.05) is 0 Å². The van der Waals surface area contributed by atoms with Crippen LogP contribution in [0.15, 0.2) is 18.2 Å². The maximum atomic E-state index is 11.8. The van der Waals surface area contributed by atoms with Crippen molar-refractivity contribution in [3.63, 3.8) is 0 Å². The van der Waals surface area contributed by atoms with Crippen LogP contribution in [0, 0.1) is 0 Å². The molecular weight excluding hydrogens is 232 g/mol. The van der Waals surface area contributed by atoms with Crippen molar-refractivity contribution in [2.75, 3.05) is 30.5 Å². The minimum atomic E-state index is -0.0570. The number of anilines is 2. The number of ether oxygens (including phenoxy) is 1. The summed E-state index contributed by atoms with van der Waals surface area (Å²) in [7, 11) is 3.41. The summed E-state index contributed by atoms with van der Waals surface area (Å²) in [5, 5.41) is 0. The van der Waals surface area contributed by atoms with Crippen molar-refractivity contribution in [1.82, 2.24) is 0 Å². The van der Waals surface area contributed by atoms with E-state index in [-0.39, 0.29) is 11.8 Å². The Bertz CT molecular complexity index is 499. The molecule has 1 aromatic carbocycles. The third kappa shape index (κ3) is 2.16. The number of nitrogens with zero attached hydrogens (tertiary/aromatic N) is 2. The zero-order chi connectivity index (χ0) is 13.3. The summed E-state index contributed by atoms with van der Waals surface area (Å²) < 4.78 is 5.52. The van der Waals surface area contributed by atoms with Crippen LogP contribution < -0.4 is 14.5 Å². The molecule has 1 heterocycles. The molecule has 0 saturated carbocycles. The van der Waals surface area contributed by atoms with E-state index in [1.165, 1.54) is 11.8 Å². The summed E-state index contributed by atoms with van der Waals surface area (Å²) >= 11 is 0. The predicted octanol–water partition coefficient (Wildman–Crippen LogP) is 1.41. The van der Waals surface area contributed by atoms with Crippen molar-refractivity contribution in [2.45, 2.75) is 13.3 Å². The first-order valence-electron chi connectivity index (χ1n) is 5.78. The first-order valence-corrected chi connectivity index (χ1v) is 5.78. The number of hydrogen-bond acceptors (Lipinski definition) is 3. The largest absolute Gasteiger partial charge is 0.491 e. The third-order valence-electron chi connectivity index (χ3n) is 3.11. The molecule has 0 atom stereocenters. The second-order valence-electron chi connectivity index (χ2n) is 4.28. The van der Waals surface area contributed by atoms with E-state index in [0.717, 1.165) is 5.69 Å². The predicted molar refractivity (Wildman–Crippen MR) is 69.0 cm³/mol. The third-order valence-corrected chi connectivity index (χ3v) is 3.11. The second-order valence-corrected chi connectivity index (χ2v) is 4.28. The Morgan fingerprint density at radius 3 is 2.83 bits per heavy atom. The van der Waals surface area contributed by atoms with Gasteiger partial charge in [0.05, 0.1) is 18.7 Å². The van der Waals surface area contributed by atoms with Crippen molar-refractivity contribution in [3.05, 3.63) is 18.2 Å². The zero-order valence-electron chi connectivity index (χ0n) is 10.8. The number of rotatable bonds is 1. The standard InChI is InChI=1S/C13H16N2O3/c1-9(16)14(2)10-4-5-12-11(8-10)15(3)13(17)6-7-18-12/h4-5,8H,6-7H2,1-3H3. The van der Waals surface area contributed by atoms with E-state index >= 15 is 0 Å². The smallest absolute Gasteiger partial charge is 0.230 e. The molecule has 0 radical (unpaired) electrons. The summed E-state index contributed by atoms with van der Waals surface area (Å²) in [6.07, 6.45) is 0.364. The molecule has 0 aliphatic carbocycles. The molecule has 0 bridgehead atoms. The molecule has 0 aromatic heterocycles. The van der Waals surface area contributed by atoms with Crippen molar-refractivity contribution in [2.24, 2.45) is 0 Å². The normalized spacial score (nSPS) is 14.6. The molecule has 96 valence electrons. The van der Waals surface area contributed by atoms with Crippen LogP contribution in [0.25, 0.3) is 0 Å². The maximum Gasteiger partial charge on any atom is 0.230 e. The van der Waals surface area contributed by atoms with Gasteiger partial charge in [0.1, 0.15) is 5.75 Å². The molecule has 1 aromatic rings. The highest BCUT2D eigenvalue weighted by atomic mass is 16.5. The van der Waals surface area contributed by atoms with Gasteiger partial charge in [-0.25, -0.2) is 0 Å². The molecule has 0 fully saturated rings. The average Bonchev–Trinajstić information content (AvgIpc) is 2.49. The van der Waals surface area contributed by atoms with Crippen LogP contribution in [-0.4, -0.2) is 32.5 Å². The minimum Gasteiger partial charge on any atom is -0.491 e. The molecule has 2 amide bonds. The van der Waals surface area contributed by atoms with Gasteiger partial charge in [0.2, 0.25) is 11.8 Å². The van der Waals surface area contributed by atoms with Gasteiger partial charge in [-0.05, 0) is 18.2 Å². The van der Waals surface area contributed by atoms with Crippen LogP contribution in [0.3, 0.4) is 0 Å². The Labute approximate surface area is 106 Å². The van der Waals surface area contributed by atoms with Gasteiger partial charge in [0.25, 0.3) is 0 Å². The highest BCUT2D eigenvalue weighted by Crippen LogP contribution is 2.34. The molecular formula is C13H16N2O3. The van der Waals surface area contributed by atoms with Crippen molar-refractivity contribution < 1.29 is 14.3 Å². The number of carbonyl (C=O) groups is 2. The van der Waals surface area contributed by atoms with Gasteiger partial charge >= 0.3 is 0 Å². The van der Waals surface area contributed by atoms with Gasteiger partial charge in [-0.15, -0.1) is 0 Å². The Hall–Kier alpha value is -2.04. The molecule has 0 unspecified atom stereocenters. The zero-order valence-corrected chi connectivity index (χ0v) is 10.8. The van der Waals surface area contributed by atoms with Crippen LogP contribution >= 0.6 is 0 Å². The summed E-state index contributed by atoms with van der Waals surface area (Å²) in [5.74, 6) is 0.624. The number of benzene rings is 1. The summed E-state index contributed by atoms with van der Waals surface area (Å²) in [6, 6.07) is 5.39. The Morgan fingerprint density at radius 1 is 1.44 bits per heavy atom. The molecule has 5 nitrogen and oxygen atoms in total. The Kier molecular flexibility index (Phi) is 3.23. The van der Waals surface area contributed by atoms with E-state index in [4.69, 9.17) is 4.74 Å². The van der Waals surface area contributed by atoms with Gasteiger partial charge in [-0.2, -0.15) is 0 Å². The lowest BCUT2D eigenvalue weighted by molar-refractivity contribution is -0.118. The van der Waals surface area contributed by atoms with E-state index in [0.29, 0.717) is 24.5 Å². The molecule has 1 aliphatic rings. The van der Waals surface area contributed by atoms with Crippen LogP contribution in [0.1, 0.15) is 13.3 Å². The van der Waals surface area contributed by atoms with E-state index in [9.17, 15) is 9.59 Å². The topological polar surface area (TPSA) is 49.9 Å². The first kappa shape index (κ1) is 12.4. The number of amides is 2. The van der Waals surface area contributed by atoms with Crippen molar-refractivity contribution >= 4 is 23.2 Å². The van der Waals surface area contributed by atoms with Gasteiger partial charge < -0.3 is 14.5 Å². The van der Waals surface area contributed by atoms with Gasteiger partial charge in [0.15, 0.2) is 0 Å². The van der Waals surface area contributed by atoms with E-state index in [2.05, 4.69) is 0 Å². The van der Waals surface area contributed by atoms with Gasteiger partial charge in [0, 0.05) is 26.7 Å². The first-order chi connectivity index (χ1) is 8.50. The van der Waals surface area contributed by atoms with Gasteiger partial charge in [-0.3, -0.25) is 9.59 Å². The fourth-order valence-electron chi connectivity index (χ4n) is 1.83. The fraction of sp³-hybridized carbons (Fsp3) is 0.385. The Morgan fingerprint density at radius 2 is 2.17 bits per heavy atom. The monoisotopic (exact) mass is 248 g/mol. The number of fused-ring (bicyclic) bond motifs is 1. The lowest BCUT2D eigenvalue weighted by Gasteiger charge is -2.20. The quantitative estimate of drug-likeness (QED) is 0.755. The lowest BCUT2D eigenvalue weighted by atomic mass is 10.2. The highest BCUT2D eigenvalue weighted by molar-refractivity contribution is 5.97. The molecule has 18 heavy (non-hydrogen) atoms. The van der Waals surface area contributed by atoms with Crippen LogP contribution in [-0.2, 0) is 9.59 Å².